The molecule has 0 amide bonds. The summed E-state index contributed by atoms with van der Waals surface area (Å²) in [6.07, 6.45) is -0.795. The number of aliphatic hydroxyl groups excluding tert-OH is 1. The molecule has 0 spiro atoms. The van der Waals surface area contributed by atoms with Crippen molar-refractivity contribution in [1.82, 2.24) is 4.98 Å². The van der Waals surface area contributed by atoms with Crippen molar-refractivity contribution in [3.63, 3.8) is 0 Å². The van der Waals surface area contributed by atoms with Crippen molar-refractivity contribution in [2.75, 3.05) is 0 Å². The van der Waals surface area contributed by atoms with Crippen LogP contribution in [0.5, 0.6) is 0 Å². The Balaban J connectivity index is 2.92. The summed E-state index contributed by atoms with van der Waals surface area (Å²) in [6, 6.07) is 2.07. The van der Waals surface area contributed by atoms with Gasteiger partial charge in [-0.05, 0) is 20.8 Å². The van der Waals surface area contributed by atoms with Crippen LogP contribution in [0.15, 0.2) is 5.38 Å². The van der Waals surface area contributed by atoms with E-state index < -0.39 is 11.5 Å². The van der Waals surface area contributed by atoms with Gasteiger partial charge in [-0.2, -0.15) is 5.26 Å². The van der Waals surface area contributed by atoms with Gasteiger partial charge >= 0.3 is 0 Å². The lowest BCUT2D eigenvalue weighted by atomic mass is 9.89. The van der Waals surface area contributed by atoms with Crippen LogP contribution < -0.4 is 0 Å². The van der Waals surface area contributed by atoms with E-state index >= 15 is 0 Å². The quantitative estimate of drug-likeness (QED) is 0.787. The molecule has 13 heavy (non-hydrogen) atoms. The van der Waals surface area contributed by atoms with Gasteiger partial charge in [0.05, 0.1) is 11.5 Å². The lowest BCUT2D eigenvalue weighted by Crippen LogP contribution is -2.19. The van der Waals surface area contributed by atoms with Crippen LogP contribution in [0.2, 0.25) is 0 Å². The molecule has 0 saturated heterocycles. The van der Waals surface area contributed by atoms with Crippen LogP contribution >= 0.6 is 11.3 Å². The van der Waals surface area contributed by atoms with E-state index in [-0.39, 0.29) is 0 Å². The Morgan fingerprint density at radius 1 is 1.69 bits per heavy atom. The molecule has 0 aliphatic heterocycles. The summed E-state index contributed by atoms with van der Waals surface area (Å²) in [4.78, 5) is 4.14. The summed E-state index contributed by atoms with van der Waals surface area (Å²) < 4.78 is 0. The monoisotopic (exact) mass is 196 g/mol. The maximum atomic E-state index is 9.79. The molecule has 1 rings (SSSR count). The van der Waals surface area contributed by atoms with Crippen LogP contribution in [0.3, 0.4) is 0 Å². The van der Waals surface area contributed by atoms with Gasteiger partial charge in [-0.25, -0.2) is 4.98 Å². The molecular formula is C9H12N2OS. The van der Waals surface area contributed by atoms with Gasteiger partial charge < -0.3 is 5.11 Å². The van der Waals surface area contributed by atoms with Crippen molar-refractivity contribution >= 4 is 11.3 Å². The molecule has 0 radical (unpaired) electrons. The summed E-state index contributed by atoms with van der Waals surface area (Å²) in [5.74, 6) is 0. The zero-order valence-electron chi connectivity index (χ0n) is 7.90. The fourth-order valence-electron chi connectivity index (χ4n) is 0.868. The number of nitriles is 1. The number of thiazole rings is 1. The van der Waals surface area contributed by atoms with Gasteiger partial charge in [-0.1, -0.05) is 0 Å². The number of nitrogens with zero attached hydrogens (tertiary/aromatic N) is 2. The fourth-order valence-corrected chi connectivity index (χ4v) is 1.83. The highest BCUT2D eigenvalue weighted by molar-refractivity contribution is 7.09. The van der Waals surface area contributed by atoms with Gasteiger partial charge in [0.25, 0.3) is 0 Å². The summed E-state index contributed by atoms with van der Waals surface area (Å²) >= 11 is 1.39. The van der Waals surface area contributed by atoms with Gasteiger partial charge in [0.1, 0.15) is 11.1 Å². The molecule has 4 heteroatoms. The minimum Gasteiger partial charge on any atom is -0.384 e. The van der Waals surface area contributed by atoms with Gasteiger partial charge in [-0.15, -0.1) is 11.3 Å². The van der Waals surface area contributed by atoms with Crippen molar-refractivity contribution < 1.29 is 5.11 Å². The Hall–Kier alpha value is -0.920. The van der Waals surface area contributed by atoms with E-state index in [0.717, 1.165) is 5.69 Å². The Morgan fingerprint density at radius 2 is 2.31 bits per heavy atom. The second-order valence-corrected chi connectivity index (χ2v) is 4.45. The maximum Gasteiger partial charge on any atom is 0.124 e. The first-order valence-electron chi connectivity index (χ1n) is 3.98. The Labute approximate surface area is 81.7 Å². The normalized spacial score (nSPS) is 13.8. The second kappa shape index (κ2) is 3.44. The number of aromatic nitrogens is 1. The van der Waals surface area contributed by atoms with E-state index in [9.17, 15) is 5.11 Å². The summed E-state index contributed by atoms with van der Waals surface area (Å²) in [5, 5.41) is 21.1. The predicted molar refractivity (Wildman–Crippen MR) is 51.2 cm³/mol. The van der Waals surface area contributed by atoms with Crippen LogP contribution in [0, 0.1) is 23.7 Å². The van der Waals surface area contributed by atoms with Gasteiger partial charge in [0.15, 0.2) is 0 Å². The number of aliphatic hydroxyl groups is 1. The molecule has 0 aliphatic carbocycles. The third-order valence-electron chi connectivity index (χ3n) is 1.84. The highest BCUT2D eigenvalue weighted by atomic mass is 32.1. The topological polar surface area (TPSA) is 56.9 Å². The van der Waals surface area contributed by atoms with Gasteiger partial charge in [0, 0.05) is 11.1 Å². The summed E-state index contributed by atoms with van der Waals surface area (Å²) in [7, 11) is 0. The van der Waals surface area contributed by atoms with E-state index in [4.69, 9.17) is 5.26 Å². The molecule has 1 N–H and O–H groups in total. The van der Waals surface area contributed by atoms with Crippen LogP contribution in [0.25, 0.3) is 0 Å². The Kier molecular flexibility index (Phi) is 2.69. The maximum absolute atomic E-state index is 9.79. The van der Waals surface area contributed by atoms with Crippen LogP contribution in [-0.4, -0.2) is 10.1 Å². The second-order valence-electron chi connectivity index (χ2n) is 3.56. The van der Waals surface area contributed by atoms with E-state index in [1.807, 2.05) is 12.3 Å². The number of hydrogen-bond acceptors (Lipinski definition) is 4. The number of hydrogen-bond donors (Lipinski definition) is 1. The standard InChI is InChI=1S/C9H12N2OS/c1-6-4-13-8(11-6)7(12)9(2,3)5-10/h4,7,12H,1-3H3. The lowest BCUT2D eigenvalue weighted by Gasteiger charge is -2.20. The first-order chi connectivity index (χ1) is 5.97. The van der Waals surface area contributed by atoms with E-state index in [0.29, 0.717) is 5.01 Å². The molecule has 3 nitrogen and oxygen atoms in total. The molecule has 1 heterocycles. The van der Waals surface area contributed by atoms with Crippen molar-refractivity contribution in [3.05, 3.63) is 16.1 Å². The molecule has 0 fully saturated rings. The first-order valence-corrected chi connectivity index (χ1v) is 4.86. The molecule has 1 unspecified atom stereocenters. The van der Waals surface area contributed by atoms with E-state index in [2.05, 4.69) is 11.1 Å². The Morgan fingerprint density at radius 3 is 2.69 bits per heavy atom. The van der Waals surface area contributed by atoms with Gasteiger partial charge in [0.2, 0.25) is 0 Å². The summed E-state index contributed by atoms with van der Waals surface area (Å²) in [5.41, 5.74) is 0.109. The van der Waals surface area contributed by atoms with Crippen molar-refractivity contribution in [1.29, 1.82) is 5.26 Å². The predicted octanol–water partition coefficient (Wildman–Crippen LogP) is 2.03. The highest BCUT2D eigenvalue weighted by Crippen LogP contribution is 2.33. The zero-order chi connectivity index (χ0) is 10.1. The molecule has 1 aromatic heterocycles. The lowest BCUT2D eigenvalue weighted by molar-refractivity contribution is 0.0864. The highest BCUT2D eigenvalue weighted by Gasteiger charge is 2.30. The SMILES string of the molecule is Cc1csc(C(O)C(C)(C)C#N)n1. The number of aryl methyl sites for hydroxylation is 1. The molecule has 1 atom stereocenters. The molecule has 0 bridgehead atoms. The summed E-state index contributed by atoms with van der Waals surface area (Å²) in [6.45, 7) is 5.27. The molecule has 0 saturated carbocycles. The fraction of sp³-hybridized carbons (Fsp3) is 0.556. The minimum atomic E-state index is -0.795. The molecule has 1 aromatic rings. The number of rotatable bonds is 2. The molecule has 70 valence electrons. The molecule has 0 aliphatic rings. The molecular weight excluding hydrogens is 184 g/mol. The van der Waals surface area contributed by atoms with Crippen molar-refractivity contribution in [3.8, 4) is 6.07 Å². The Bertz CT molecular complexity index is 338. The van der Waals surface area contributed by atoms with Crippen LogP contribution in [0.4, 0.5) is 0 Å². The van der Waals surface area contributed by atoms with Gasteiger partial charge in [-0.3, -0.25) is 0 Å². The first kappa shape index (κ1) is 10.2. The smallest absolute Gasteiger partial charge is 0.124 e. The minimum absolute atomic E-state index is 0.615. The van der Waals surface area contributed by atoms with Crippen molar-refractivity contribution in [2.45, 2.75) is 26.9 Å². The third-order valence-corrected chi connectivity index (χ3v) is 2.86. The van der Waals surface area contributed by atoms with E-state index in [1.165, 1.54) is 11.3 Å². The van der Waals surface area contributed by atoms with Crippen LogP contribution in [-0.2, 0) is 0 Å². The van der Waals surface area contributed by atoms with Crippen molar-refractivity contribution in [2.24, 2.45) is 5.41 Å². The average Bonchev–Trinajstić information content (AvgIpc) is 2.50. The van der Waals surface area contributed by atoms with E-state index in [1.54, 1.807) is 13.8 Å². The largest absolute Gasteiger partial charge is 0.384 e. The zero-order valence-corrected chi connectivity index (χ0v) is 8.72. The van der Waals surface area contributed by atoms with Crippen LogP contribution in [0.1, 0.15) is 30.7 Å². The average molecular weight is 196 g/mol. The molecule has 0 aromatic carbocycles. The third kappa shape index (κ3) is 2.06.